The highest BCUT2D eigenvalue weighted by Gasteiger charge is 2.37. The molecule has 0 aliphatic carbocycles. The predicted molar refractivity (Wildman–Crippen MR) is 139 cm³/mol. The molecule has 3 aromatic carbocycles. The molecule has 1 heterocycles. The third-order valence-electron chi connectivity index (χ3n) is 5.42. The number of alkyl halides is 6. The number of halogens is 6. The molecule has 0 bridgehead atoms. The van der Waals surface area contributed by atoms with E-state index in [4.69, 9.17) is 9.47 Å². The van der Waals surface area contributed by atoms with Gasteiger partial charge in [0.05, 0.1) is 23.5 Å². The zero-order valence-corrected chi connectivity index (χ0v) is 22.1. The largest absolute Gasteiger partial charge is 0.494 e. The first-order chi connectivity index (χ1) is 19.4. The Hall–Kier alpha value is -4.20. The molecule has 0 unspecified atom stereocenters. The summed E-state index contributed by atoms with van der Waals surface area (Å²) >= 11 is 0.892. The maximum Gasteiger partial charge on any atom is 0.416 e. The lowest BCUT2D eigenvalue weighted by Gasteiger charge is -2.15. The van der Waals surface area contributed by atoms with Gasteiger partial charge in [-0.25, -0.2) is 0 Å². The monoisotopic (exact) mass is 596 g/mol. The molecule has 7 nitrogen and oxygen atoms in total. The van der Waals surface area contributed by atoms with Gasteiger partial charge in [0.25, 0.3) is 0 Å². The summed E-state index contributed by atoms with van der Waals surface area (Å²) in [4.78, 5) is 12.6. The van der Waals surface area contributed by atoms with Crippen LogP contribution in [0.1, 0.15) is 23.9 Å². The van der Waals surface area contributed by atoms with Crippen molar-refractivity contribution in [1.29, 1.82) is 0 Å². The van der Waals surface area contributed by atoms with Crippen molar-refractivity contribution in [2.45, 2.75) is 31.0 Å². The van der Waals surface area contributed by atoms with Crippen LogP contribution >= 0.6 is 11.8 Å². The lowest BCUT2D eigenvalue weighted by Crippen LogP contribution is -2.17. The van der Waals surface area contributed by atoms with Gasteiger partial charge < -0.3 is 14.8 Å². The summed E-state index contributed by atoms with van der Waals surface area (Å²) < 4.78 is 91.9. The lowest BCUT2D eigenvalue weighted by atomic mass is 10.1. The van der Waals surface area contributed by atoms with Crippen molar-refractivity contribution < 1.29 is 40.6 Å². The first-order valence-corrected chi connectivity index (χ1v) is 13.0. The zero-order valence-electron chi connectivity index (χ0n) is 21.3. The van der Waals surface area contributed by atoms with Crippen LogP contribution in [0.5, 0.6) is 11.5 Å². The van der Waals surface area contributed by atoms with Crippen molar-refractivity contribution in [3.63, 3.8) is 0 Å². The molecule has 1 amide bonds. The number of amides is 1. The summed E-state index contributed by atoms with van der Waals surface area (Å²) in [6.45, 7) is 2.33. The van der Waals surface area contributed by atoms with Crippen LogP contribution in [0.4, 0.5) is 32.0 Å². The molecule has 4 rings (SSSR count). The van der Waals surface area contributed by atoms with Crippen molar-refractivity contribution in [3.8, 4) is 17.2 Å². The Morgan fingerprint density at radius 1 is 0.854 bits per heavy atom. The van der Waals surface area contributed by atoms with Gasteiger partial charge in [0.15, 0.2) is 11.0 Å². The molecule has 41 heavy (non-hydrogen) atoms. The molecule has 0 fully saturated rings. The van der Waals surface area contributed by atoms with E-state index in [2.05, 4.69) is 15.5 Å². The van der Waals surface area contributed by atoms with Crippen molar-refractivity contribution in [2.24, 2.45) is 0 Å². The van der Waals surface area contributed by atoms with Gasteiger partial charge in [0.1, 0.15) is 18.1 Å². The van der Waals surface area contributed by atoms with Crippen LogP contribution in [0.15, 0.2) is 78.0 Å². The van der Waals surface area contributed by atoms with Gasteiger partial charge in [-0.1, -0.05) is 30.0 Å². The Bertz CT molecular complexity index is 1440. The number of carbonyl (C=O) groups excluding carboxylic acids is 1. The Balaban J connectivity index is 1.54. The van der Waals surface area contributed by atoms with E-state index in [0.717, 1.165) is 11.8 Å². The van der Waals surface area contributed by atoms with Gasteiger partial charge in [0.2, 0.25) is 5.91 Å². The quantitative estimate of drug-likeness (QED) is 0.157. The Morgan fingerprint density at radius 3 is 2.05 bits per heavy atom. The Morgan fingerprint density at radius 2 is 1.46 bits per heavy atom. The number of rotatable bonds is 10. The van der Waals surface area contributed by atoms with E-state index in [1.54, 1.807) is 53.1 Å². The van der Waals surface area contributed by atoms with Gasteiger partial charge in [-0.3, -0.25) is 9.36 Å². The third-order valence-corrected chi connectivity index (χ3v) is 6.35. The van der Waals surface area contributed by atoms with Gasteiger partial charge in [-0.05, 0) is 61.5 Å². The average molecular weight is 597 g/mol. The molecule has 1 N–H and O–H groups in total. The molecule has 0 aliphatic rings. The van der Waals surface area contributed by atoms with Crippen molar-refractivity contribution >= 4 is 23.4 Å². The number of nitrogens with one attached hydrogen (secondary N) is 1. The second kappa shape index (κ2) is 12.5. The summed E-state index contributed by atoms with van der Waals surface area (Å²) in [6.07, 6.45) is -10.1. The van der Waals surface area contributed by atoms with E-state index < -0.39 is 35.1 Å². The van der Waals surface area contributed by atoms with E-state index in [0.29, 0.717) is 41.8 Å². The normalized spacial score (nSPS) is 11.8. The topological polar surface area (TPSA) is 78.3 Å². The lowest BCUT2D eigenvalue weighted by molar-refractivity contribution is -0.143. The van der Waals surface area contributed by atoms with E-state index >= 15 is 0 Å². The van der Waals surface area contributed by atoms with E-state index in [1.807, 2.05) is 13.0 Å². The number of carbonyl (C=O) groups is 1. The standard InChI is InChI=1S/C27H22F6N4O3S/c1-2-39-22-10-8-20(9-11-22)37-23(15-40-21-6-4-3-5-7-21)35-36-25(37)41-16-24(38)34-19-13-17(26(28,29)30)12-18(14-19)27(31,32)33/h3-14H,2,15-16H2,1H3,(H,34,38). The summed E-state index contributed by atoms with van der Waals surface area (Å²) in [6, 6.07) is 16.8. The minimum Gasteiger partial charge on any atom is -0.494 e. The molecule has 0 atom stereocenters. The second-order valence-electron chi connectivity index (χ2n) is 8.39. The molecule has 0 saturated heterocycles. The van der Waals surface area contributed by atoms with Crippen molar-refractivity contribution in [2.75, 3.05) is 17.7 Å². The van der Waals surface area contributed by atoms with Crippen LogP contribution in [-0.4, -0.2) is 33.0 Å². The van der Waals surface area contributed by atoms with E-state index in [9.17, 15) is 31.1 Å². The van der Waals surface area contributed by atoms with Gasteiger partial charge >= 0.3 is 12.4 Å². The number of aromatic nitrogens is 3. The molecule has 1 aromatic heterocycles. The molecule has 14 heteroatoms. The van der Waals surface area contributed by atoms with Gasteiger partial charge in [-0.2, -0.15) is 26.3 Å². The predicted octanol–water partition coefficient (Wildman–Crippen LogP) is 7.01. The van der Waals surface area contributed by atoms with Gasteiger partial charge in [0, 0.05) is 11.4 Å². The zero-order chi connectivity index (χ0) is 29.6. The number of nitrogens with zero attached hydrogens (tertiary/aromatic N) is 3. The van der Waals surface area contributed by atoms with Crippen LogP contribution in [0.25, 0.3) is 5.69 Å². The average Bonchev–Trinajstić information content (AvgIpc) is 3.33. The van der Waals surface area contributed by atoms with Crippen molar-refractivity contribution in [3.05, 3.63) is 89.7 Å². The number of hydrogen-bond acceptors (Lipinski definition) is 6. The summed E-state index contributed by atoms with van der Waals surface area (Å²) in [5.74, 6) is 0.368. The molecule has 0 spiro atoms. The number of hydrogen-bond donors (Lipinski definition) is 1. The number of ether oxygens (including phenoxy) is 2. The fourth-order valence-corrected chi connectivity index (χ4v) is 4.39. The molecule has 0 saturated carbocycles. The van der Waals surface area contributed by atoms with E-state index in [-0.39, 0.29) is 23.6 Å². The summed E-state index contributed by atoms with van der Waals surface area (Å²) in [7, 11) is 0. The number of anilines is 1. The Labute approximate surface area is 234 Å². The SMILES string of the molecule is CCOc1ccc(-n2c(COc3ccccc3)nnc2SCC(=O)Nc2cc(C(F)(F)F)cc(C(F)(F)F)c2)cc1. The minimum atomic E-state index is -5.04. The number of benzene rings is 3. The molecule has 0 radical (unpaired) electrons. The summed E-state index contributed by atoms with van der Waals surface area (Å²) in [5.41, 5.74) is -3.09. The third kappa shape index (κ3) is 7.93. The van der Waals surface area contributed by atoms with Crippen LogP contribution in [0.2, 0.25) is 0 Å². The minimum absolute atomic E-state index is 0.0112. The van der Waals surface area contributed by atoms with Crippen molar-refractivity contribution in [1.82, 2.24) is 14.8 Å². The fraction of sp³-hybridized carbons (Fsp3) is 0.222. The fourth-order valence-electron chi connectivity index (χ4n) is 3.62. The van der Waals surface area contributed by atoms with Crippen LogP contribution in [-0.2, 0) is 23.8 Å². The Kier molecular flexibility index (Phi) is 9.11. The first kappa shape index (κ1) is 29.8. The van der Waals surface area contributed by atoms with E-state index in [1.165, 1.54) is 0 Å². The number of thioether (sulfide) groups is 1. The molecular formula is C27H22F6N4O3S. The second-order valence-corrected chi connectivity index (χ2v) is 9.34. The number of para-hydroxylation sites is 1. The van der Waals surface area contributed by atoms with Gasteiger partial charge in [-0.15, -0.1) is 10.2 Å². The van der Waals surface area contributed by atoms with Crippen LogP contribution in [0.3, 0.4) is 0 Å². The molecular weight excluding hydrogens is 574 g/mol. The maximum atomic E-state index is 13.2. The highest BCUT2D eigenvalue weighted by molar-refractivity contribution is 7.99. The summed E-state index contributed by atoms with van der Waals surface area (Å²) in [5, 5.41) is 10.6. The molecule has 216 valence electrons. The highest BCUT2D eigenvalue weighted by Crippen LogP contribution is 2.37. The maximum absolute atomic E-state index is 13.2. The van der Waals surface area contributed by atoms with Crippen LogP contribution in [0, 0.1) is 0 Å². The smallest absolute Gasteiger partial charge is 0.416 e. The highest BCUT2D eigenvalue weighted by atomic mass is 32.2. The molecule has 4 aromatic rings. The first-order valence-electron chi connectivity index (χ1n) is 12.0. The van der Waals surface area contributed by atoms with Crippen LogP contribution < -0.4 is 14.8 Å². The molecule has 0 aliphatic heterocycles.